The largest absolute Gasteiger partial charge is 0.277 e. The SMILES string of the molecule is O=S(=O)(Nc1ccc(Br)cc1F)c1ccnc(Cl)c1. The molecule has 1 aromatic carbocycles. The number of anilines is 1. The fraction of sp³-hybridized carbons (Fsp3) is 0. The first kappa shape index (κ1) is 14.2. The van der Waals surface area contributed by atoms with Crippen molar-refractivity contribution in [3.05, 3.63) is 52.0 Å². The number of hydrogen-bond donors (Lipinski definition) is 1. The molecule has 0 spiro atoms. The van der Waals surface area contributed by atoms with Gasteiger partial charge in [-0.15, -0.1) is 0 Å². The summed E-state index contributed by atoms with van der Waals surface area (Å²) in [6, 6.07) is 6.46. The summed E-state index contributed by atoms with van der Waals surface area (Å²) in [6.07, 6.45) is 1.26. The Hall–Kier alpha value is -1.18. The average molecular weight is 366 g/mol. The highest BCUT2D eigenvalue weighted by Crippen LogP contribution is 2.23. The summed E-state index contributed by atoms with van der Waals surface area (Å²) < 4.78 is 40.3. The van der Waals surface area contributed by atoms with Crippen LogP contribution < -0.4 is 4.72 Å². The minimum atomic E-state index is -3.90. The van der Waals surface area contributed by atoms with E-state index < -0.39 is 15.8 Å². The number of hydrogen-bond acceptors (Lipinski definition) is 3. The molecular formula is C11H7BrClFN2O2S. The minimum Gasteiger partial charge on any atom is -0.277 e. The van der Waals surface area contributed by atoms with Crippen molar-refractivity contribution in [2.75, 3.05) is 4.72 Å². The zero-order chi connectivity index (χ0) is 14.0. The predicted octanol–water partition coefficient (Wildman–Crippen LogP) is 3.44. The van der Waals surface area contributed by atoms with E-state index in [1.54, 1.807) is 0 Å². The maximum atomic E-state index is 13.6. The van der Waals surface area contributed by atoms with Gasteiger partial charge in [0, 0.05) is 10.7 Å². The molecule has 1 heterocycles. The van der Waals surface area contributed by atoms with Crippen molar-refractivity contribution in [1.82, 2.24) is 4.98 Å². The lowest BCUT2D eigenvalue weighted by Gasteiger charge is -2.09. The maximum absolute atomic E-state index is 13.6. The third-order valence-electron chi connectivity index (χ3n) is 2.18. The molecule has 0 amide bonds. The van der Waals surface area contributed by atoms with E-state index in [1.165, 1.54) is 30.5 Å². The van der Waals surface area contributed by atoms with E-state index in [4.69, 9.17) is 11.6 Å². The van der Waals surface area contributed by atoms with E-state index in [2.05, 4.69) is 25.6 Å². The molecule has 0 atom stereocenters. The Morgan fingerprint density at radius 1 is 1.26 bits per heavy atom. The van der Waals surface area contributed by atoms with Gasteiger partial charge in [0.15, 0.2) is 0 Å². The van der Waals surface area contributed by atoms with Crippen LogP contribution in [0.3, 0.4) is 0 Å². The monoisotopic (exact) mass is 364 g/mol. The van der Waals surface area contributed by atoms with Gasteiger partial charge in [-0.1, -0.05) is 27.5 Å². The van der Waals surface area contributed by atoms with Crippen LogP contribution in [0, 0.1) is 5.82 Å². The number of rotatable bonds is 3. The second-order valence-electron chi connectivity index (χ2n) is 3.54. The van der Waals surface area contributed by atoms with E-state index in [0.29, 0.717) is 4.47 Å². The molecule has 1 N–H and O–H groups in total. The minimum absolute atomic E-state index is 0.0409. The van der Waals surface area contributed by atoms with Crippen molar-refractivity contribution in [2.24, 2.45) is 0 Å². The number of aromatic nitrogens is 1. The predicted molar refractivity (Wildman–Crippen MR) is 74.2 cm³/mol. The summed E-state index contributed by atoms with van der Waals surface area (Å²) in [5, 5.41) is 0.0409. The zero-order valence-corrected chi connectivity index (χ0v) is 12.4. The van der Waals surface area contributed by atoms with E-state index in [0.717, 1.165) is 6.07 Å². The van der Waals surface area contributed by atoms with Crippen LogP contribution in [0.15, 0.2) is 45.9 Å². The number of nitrogens with zero attached hydrogens (tertiary/aromatic N) is 1. The highest BCUT2D eigenvalue weighted by atomic mass is 79.9. The van der Waals surface area contributed by atoms with Crippen LogP contribution in [0.25, 0.3) is 0 Å². The Morgan fingerprint density at radius 3 is 2.63 bits per heavy atom. The third kappa shape index (κ3) is 3.43. The lowest BCUT2D eigenvalue weighted by Crippen LogP contribution is -2.14. The summed E-state index contributed by atoms with van der Waals surface area (Å²) in [6.45, 7) is 0. The number of pyridine rings is 1. The molecule has 0 aliphatic rings. The van der Waals surface area contributed by atoms with Crippen LogP contribution in [0.4, 0.5) is 10.1 Å². The molecule has 0 saturated heterocycles. The maximum Gasteiger partial charge on any atom is 0.262 e. The lowest BCUT2D eigenvalue weighted by molar-refractivity contribution is 0.598. The molecular weight excluding hydrogens is 359 g/mol. The molecule has 8 heteroatoms. The molecule has 0 fully saturated rings. The number of sulfonamides is 1. The van der Waals surface area contributed by atoms with E-state index >= 15 is 0 Å². The van der Waals surface area contributed by atoms with Crippen LogP contribution >= 0.6 is 27.5 Å². The summed E-state index contributed by atoms with van der Waals surface area (Å²) >= 11 is 8.71. The van der Waals surface area contributed by atoms with Crippen LogP contribution in [-0.4, -0.2) is 13.4 Å². The van der Waals surface area contributed by atoms with Gasteiger partial charge >= 0.3 is 0 Å². The molecule has 19 heavy (non-hydrogen) atoms. The van der Waals surface area contributed by atoms with Crippen LogP contribution in [-0.2, 0) is 10.0 Å². The van der Waals surface area contributed by atoms with E-state index in [-0.39, 0.29) is 15.7 Å². The summed E-state index contributed by atoms with van der Waals surface area (Å²) in [5.41, 5.74) is -0.142. The van der Waals surface area contributed by atoms with Crippen LogP contribution in [0.5, 0.6) is 0 Å². The van der Waals surface area contributed by atoms with Crippen molar-refractivity contribution < 1.29 is 12.8 Å². The second-order valence-corrected chi connectivity index (χ2v) is 6.53. The van der Waals surface area contributed by atoms with Gasteiger partial charge in [-0.25, -0.2) is 17.8 Å². The second kappa shape index (κ2) is 5.44. The van der Waals surface area contributed by atoms with Gasteiger partial charge in [0.1, 0.15) is 11.0 Å². The molecule has 4 nitrogen and oxygen atoms in total. The first-order chi connectivity index (χ1) is 8.88. The topological polar surface area (TPSA) is 59.1 Å². The molecule has 0 saturated carbocycles. The molecule has 0 aliphatic carbocycles. The van der Waals surface area contributed by atoms with Crippen LogP contribution in [0.1, 0.15) is 0 Å². The van der Waals surface area contributed by atoms with Gasteiger partial charge in [0.2, 0.25) is 0 Å². The third-order valence-corrected chi connectivity index (χ3v) is 4.25. The number of halogens is 3. The summed E-state index contributed by atoms with van der Waals surface area (Å²) in [4.78, 5) is 3.59. The lowest BCUT2D eigenvalue weighted by atomic mass is 10.3. The average Bonchev–Trinajstić information content (AvgIpc) is 2.33. The fourth-order valence-corrected chi connectivity index (χ4v) is 2.98. The molecule has 2 aromatic rings. The van der Waals surface area contributed by atoms with Gasteiger partial charge in [0.25, 0.3) is 10.0 Å². The molecule has 100 valence electrons. The molecule has 1 aromatic heterocycles. The molecule has 0 radical (unpaired) electrons. The Kier molecular flexibility index (Phi) is 4.07. The van der Waals surface area contributed by atoms with Crippen molar-refractivity contribution in [3.63, 3.8) is 0 Å². The quantitative estimate of drug-likeness (QED) is 0.848. The summed E-state index contributed by atoms with van der Waals surface area (Å²) in [5.74, 6) is -0.682. The van der Waals surface area contributed by atoms with Gasteiger partial charge in [-0.3, -0.25) is 4.72 Å². The Labute approximate surface area is 122 Å². The Bertz CT molecular complexity index is 724. The first-order valence-electron chi connectivity index (χ1n) is 4.98. The summed E-state index contributed by atoms with van der Waals surface area (Å²) in [7, 11) is -3.90. The molecule has 0 bridgehead atoms. The van der Waals surface area contributed by atoms with Gasteiger partial charge < -0.3 is 0 Å². The van der Waals surface area contributed by atoms with E-state index in [1.807, 2.05) is 0 Å². The van der Waals surface area contributed by atoms with Crippen molar-refractivity contribution in [1.29, 1.82) is 0 Å². The Morgan fingerprint density at radius 2 is 2.00 bits per heavy atom. The van der Waals surface area contributed by atoms with Gasteiger partial charge in [-0.05, 0) is 30.3 Å². The highest BCUT2D eigenvalue weighted by Gasteiger charge is 2.16. The highest BCUT2D eigenvalue weighted by molar-refractivity contribution is 9.10. The zero-order valence-electron chi connectivity index (χ0n) is 9.27. The Balaban J connectivity index is 2.36. The smallest absolute Gasteiger partial charge is 0.262 e. The van der Waals surface area contributed by atoms with Crippen LogP contribution in [0.2, 0.25) is 5.15 Å². The fourth-order valence-electron chi connectivity index (χ4n) is 1.33. The van der Waals surface area contributed by atoms with Crippen molar-refractivity contribution in [2.45, 2.75) is 4.90 Å². The van der Waals surface area contributed by atoms with Crippen molar-refractivity contribution >= 4 is 43.2 Å². The normalized spacial score (nSPS) is 11.3. The first-order valence-corrected chi connectivity index (χ1v) is 7.63. The standard InChI is InChI=1S/C11H7BrClFN2O2S/c12-7-1-2-10(9(14)5-7)16-19(17,18)8-3-4-15-11(13)6-8/h1-6,16H. The van der Waals surface area contributed by atoms with E-state index in [9.17, 15) is 12.8 Å². The van der Waals surface area contributed by atoms with Crippen molar-refractivity contribution in [3.8, 4) is 0 Å². The van der Waals surface area contributed by atoms with Gasteiger partial charge in [-0.2, -0.15) is 0 Å². The molecule has 0 unspecified atom stereocenters. The molecule has 0 aliphatic heterocycles. The molecule has 2 rings (SSSR count). The van der Waals surface area contributed by atoms with Gasteiger partial charge in [0.05, 0.1) is 10.6 Å². The number of benzene rings is 1. The number of nitrogens with one attached hydrogen (secondary N) is 1.